The average molecular weight is 841 g/mol. The van der Waals surface area contributed by atoms with Crippen LogP contribution in [0.25, 0.3) is 32.8 Å². The second-order valence-electron chi connectivity index (χ2n) is 16.2. The zero-order valence-electron chi connectivity index (χ0n) is 33.7. The zero-order chi connectivity index (χ0) is 36.6. The Morgan fingerprint density at radius 3 is 0.865 bits per heavy atom. The van der Waals surface area contributed by atoms with Crippen LogP contribution >= 0.6 is 31.9 Å². The van der Waals surface area contributed by atoms with E-state index in [0.717, 1.165) is 13.1 Å². The van der Waals surface area contributed by atoms with Crippen LogP contribution in [-0.2, 0) is 13.1 Å². The van der Waals surface area contributed by atoms with E-state index in [4.69, 9.17) is 0 Å². The Morgan fingerprint density at radius 1 is 0.346 bits per heavy atom. The molecule has 0 atom stereocenters. The van der Waals surface area contributed by atoms with Crippen molar-refractivity contribution in [3.05, 3.63) is 45.3 Å². The zero-order valence-corrected chi connectivity index (χ0v) is 36.9. The first kappa shape index (κ1) is 43.5. The summed E-state index contributed by atoms with van der Waals surface area (Å²) in [5, 5.41) is 2.82. The van der Waals surface area contributed by atoms with Gasteiger partial charge in [-0.1, -0.05) is 225 Å². The van der Waals surface area contributed by atoms with Gasteiger partial charge in [0.15, 0.2) is 0 Å². The molecule has 4 rings (SSSR count). The Hall–Kier alpha value is -1.26. The fraction of sp³-hybridized carbons (Fsp3) is 0.708. The van der Waals surface area contributed by atoms with Crippen molar-refractivity contribution in [3.63, 3.8) is 0 Å². The molecule has 2 heterocycles. The summed E-state index contributed by atoms with van der Waals surface area (Å²) in [6.45, 7) is 6.82. The van der Waals surface area contributed by atoms with E-state index in [1.165, 1.54) is 234 Å². The Balaban J connectivity index is 1.22. The molecule has 0 aliphatic heterocycles. The summed E-state index contributed by atoms with van der Waals surface area (Å²) in [5.74, 6) is 0. The van der Waals surface area contributed by atoms with E-state index in [2.05, 4.69) is 91.2 Å². The minimum atomic E-state index is 1.10. The van der Waals surface area contributed by atoms with Crippen LogP contribution in [0.5, 0.6) is 0 Å². The van der Waals surface area contributed by atoms with E-state index in [1.807, 2.05) is 0 Å². The smallest absolute Gasteiger partial charge is 0.0754 e. The van der Waals surface area contributed by atoms with E-state index in [-0.39, 0.29) is 0 Å². The number of hydrogen-bond donors (Lipinski definition) is 0. The van der Waals surface area contributed by atoms with Crippen molar-refractivity contribution in [2.24, 2.45) is 0 Å². The molecule has 0 N–H and O–H groups in total. The van der Waals surface area contributed by atoms with Gasteiger partial charge in [-0.25, -0.2) is 0 Å². The number of benzene rings is 2. The van der Waals surface area contributed by atoms with Gasteiger partial charge >= 0.3 is 0 Å². The van der Waals surface area contributed by atoms with Crippen molar-refractivity contribution in [2.45, 2.75) is 220 Å². The maximum Gasteiger partial charge on any atom is 0.0754 e. The van der Waals surface area contributed by atoms with Gasteiger partial charge in [0, 0.05) is 32.8 Å². The van der Waals surface area contributed by atoms with Crippen molar-refractivity contribution in [1.29, 1.82) is 0 Å². The third-order valence-electron chi connectivity index (χ3n) is 11.7. The molecule has 52 heavy (non-hydrogen) atoms. The summed E-state index contributed by atoms with van der Waals surface area (Å²) in [5.41, 5.74) is 5.67. The maximum atomic E-state index is 3.82. The molecule has 0 fully saturated rings. The fourth-order valence-corrected chi connectivity index (χ4v) is 9.34. The van der Waals surface area contributed by atoms with Crippen LogP contribution in [0, 0.1) is 0 Å². The monoisotopic (exact) mass is 838 g/mol. The average Bonchev–Trinajstić information content (AvgIpc) is 3.62. The highest BCUT2D eigenvalue weighted by Crippen LogP contribution is 2.39. The number of aromatic nitrogens is 2. The second-order valence-corrected chi connectivity index (χ2v) is 18.1. The number of hydrogen-bond acceptors (Lipinski definition) is 0. The van der Waals surface area contributed by atoms with Crippen LogP contribution in [0.2, 0.25) is 0 Å². The number of rotatable bonds is 32. The molecule has 292 valence electrons. The van der Waals surface area contributed by atoms with Crippen molar-refractivity contribution in [2.75, 3.05) is 0 Å². The lowest BCUT2D eigenvalue weighted by molar-refractivity contribution is 0.525. The quantitative estimate of drug-likeness (QED) is 0.0434. The van der Waals surface area contributed by atoms with Crippen molar-refractivity contribution in [3.8, 4) is 0 Å². The van der Waals surface area contributed by atoms with Crippen LogP contribution in [0.1, 0.15) is 206 Å². The number of fused-ring (bicyclic) bond motifs is 5. The predicted molar refractivity (Wildman–Crippen MR) is 240 cm³/mol. The number of halogens is 2. The molecule has 0 saturated heterocycles. The highest BCUT2D eigenvalue weighted by atomic mass is 79.9. The molecule has 0 spiro atoms. The number of unbranched alkanes of at least 4 members (excludes halogenated alkanes) is 28. The molecule has 0 aliphatic carbocycles. The van der Waals surface area contributed by atoms with Crippen LogP contribution < -0.4 is 0 Å². The van der Waals surface area contributed by atoms with Gasteiger partial charge in [0.05, 0.1) is 22.1 Å². The third kappa shape index (κ3) is 14.8. The highest BCUT2D eigenvalue weighted by molar-refractivity contribution is 9.10. The minimum Gasteiger partial charge on any atom is -0.339 e. The Morgan fingerprint density at radius 2 is 0.596 bits per heavy atom. The summed E-state index contributed by atoms with van der Waals surface area (Å²) in [7, 11) is 0. The van der Waals surface area contributed by atoms with Gasteiger partial charge in [-0.15, -0.1) is 0 Å². The summed E-state index contributed by atoms with van der Waals surface area (Å²) in [4.78, 5) is 0. The maximum absolute atomic E-state index is 3.82. The van der Waals surface area contributed by atoms with Gasteiger partial charge in [-0.2, -0.15) is 0 Å². The predicted octanol–water partition coefficient (Wildman–Crippen LogP) is 18.0. The molecule has 4 heteroatoms. The summed E-state index contributed by atoms with van der Waals surface area (Å²) >= 11 is 7.63. The molecule has 0 radical (unpaired) electrons. The number of nitrogens with zero attached hydrogens (tertiary/aromatic N) is 2. The largest absolute Gasteiger partial charge is 0.339 e. The first-order valence-electron chi connectivity index (χ1n) is 22.5. The van der Waals surface area contributed by atoms with E-state index in [9.17, 15) is 0 Å². The summed E-state index contributed by atoms with van der Waals surface area (Å²) in [6.07, 6.45) is 42.3. The van der Waals surface area contributed by atoms with E-state index in [1.54, 1.807) is 0 Å². The molecule has 0 amide bonds. The topological polar surface area (TPSA) is 9.86 Å². The second kappa shape index (κ2) is 26.5. The molecule has 0 aliphatic rings. The van der Waals surface area contributed by atoms with Gasteiger partial charge in [0.25, 0.3) is 0 Å². The van der Waals surface area contributed by atoms with E-state index >= 15 is 0 Å². The Labute approximate surface area is 336 Å². The fourth-order valence-electron chi connectivity index (χ4n) is 8.65. The van der Waals surface area contributed by atoms with E-state index in [0.29, 0.717) is 0 Å². The molecule has 2 nitrogen and oxygen atoms in total. The van der Waals surface area contributed by atoms with Crippen molar-refractivity contribution in [1.82, 2.24) is 9.13 Å². The van der Waals surface area contributed by atoms with Crippen molar-refractivity contribution < 1.29 is 0 Å². The first-order valence-corrected chi connectivity index (χ1v) is 24.1. The minimum absolute atomic E-state index is 1.10. The molecular formula is C48H76Br2N2. The normalized spacial score (nSPS) is 12.0. The summed E-state index contributed by atoms with van der Waals surface area (Å²) < 4.78 is 7.69. The molecule has 0 saturated carbocycles. The van der Waals surface area contributed by atoms with Gasteiger partial charge in [0.1, 0.15) is 0 Å². The van der Waals surface area contributed by atoms with Gasteiger partial charge < -0.3 is 9.13 Å². The molecular weight excluding hydrogens is 764 g/mol. The third-order valence-corrected chi connectivity index (χ3v) is 12.7. The SMILES string of the molecule is CCCCCCCCCCCCCCCCCn1c2cc(Br)ccc2c2c1c1ccc(Br)cc1n2CCCCCCCCCCCCCCCCC. The lowest BCUT2D eigenvalue weighted by Gasteiger charge is -2.10. The number of aryl methyl sites for hydroxylation is 2. The van der Waals surface area contributed by atoms with Crippen LogP contribution in [0.4, 0.5) is 0 Å². The van der Waals surface area contributed by atoms with Crippen molar-refractivity contribution >= 4 is 64.7 Å². The molecule has 2 aromatic carbocycles. The first-order chi connectivity index (χ1) is 25.7. The lowest BCUT2D eigenvalue weighted by atomic mass is 10.0. The highest BCUT2D eigenvalue weighted by Gasteiger charge is 2.20. The molecule has 0 unspecified atom stereocenters. The molecule has 0 bridgehead atoms. The van der Waals surface area contributed by atoms with Crippen LogP contribution in [-0.4, -0.2) is 9.13 Å². The Bertz CT molecular complexity index is 1400. The summed E-state index contributed by atoms with van der Waals surface area (Å²) in [6, 6.07) is 13.9. The van der Waals surface area contributed by atoms with Crippen LogP contribution in [0.15, 0.2) is 45.3 Å². The van der Waals surface area contributed by atoms with Gasteiger partial charge in [-0.05, 0) is 49.2 Å². The standard InChI is InChI=1S/C48H76Br2N2/c1-3-5-7-9-11-13-15-17-19-21-23-25-27-29-31-37-51-45-39-41(49)33-35-43(45)48-47(51)44-36-34-42(50)40-46(44)52(48)38-32-30-28-26-24-22-20-18-16-14-12-10-8-6-4-2/h33-36,39-40H,3-32,37-38H2,1-2H3. The molecule has 2 aromatic heterocycles. The van der Waals surface area contributed by atoms with E-state index < -0.39 is 0 Å². The Kier molecular flexibility index (Phi) is 22.2. The van der Waals surface area contributed by atoms with Gasteiger partial charge in [-0.3, -0.25) is 0 Å². The molecule has 4 aromatic rings. The van der Waals surface area contributed by atoms with Gasteiger partial charge in [0.2, 0.25) is 0 Å². The van der Waals surface area contributed by atoms with Crippen LogP contribution in [0.3, 0.4) is 0 Å². The lowest BCUT2D eigenvalue weighted by Crippen LogP contribution is -1.98.